The SMILES string of the molecule is O=C(c1ccccc1-n1cnnn1)N1CCN(c2ccc(C(F)(F)F)cc2[N+](=O)[O-])CC1. The molecule has 1 fully saturated rings. The van der Waals surface area contributed by atoms with Crippen molar-refractivity contribution in [3.8, 4) is 5.69 Å². The van der Waals surface area contributed by atoms with Crippen molar-refractivity contribution in [3.05, 3.63) is 70.0 Å². The van der Waals surface area contributed by atoms with Crippen LogP contribution in [0.25, 0.3) is 5.69 Å². The molecule has 1 aliphatic rings. The van der Waals surface area contributed by atoms with Gasteiger partial charge in [-0.15, -0.1) is 5.10 Å². The van der Waals surface area contributed by atoms with Gasteiger partial charge in [0.1, 0.15) is 12.0 Å². The van der Waals surface area contributed by atoms with Crippen LogP contribution in [0.4, 0.5) is 24.5 Å². The lowest BCUT2D eigenvalue weighted by molar-refractivity contribution is -0.384. The van der Waals surface area contributed by atoms with Crippen molar-refractivity contribution in [3.63, 3.8) is 0 Å². The summed E-state index contributed by atoms with van der Waals surface area (Å²) in [4.78, 5) is 26.8. The molecule has 0 saturated carbocycles. The molecular weight excluding hydrogens is 431 g/mol. The number of tetrazole rings is 1. The molecule has 0 atom stereocenters. The van der Waals surface area contributed by atoms with Crippen LogP contribution in [-0.2, 0) is 6.18 Å². The van der Waals surface area contributed by atoms with E-state index in [0.29, 0.717) is 17.3 Å². The zero-order valence-electron chi connectivity index (χ0n) is 16.4. The molecule has 1 saturated heterocycles. The van der Waals surface area contributed by atoms with Crippen molar-refractivity contribution in [2.45, 2.75) is 6.18 Å². The number of carbonyl (C=O) groups is 1. The van der Waals surface area contributed by atoms with Crippen molar-refractivity contribution >= 4 is 17.3 Å². The van der Waals surface area contributed by atoms with Crippen LogP contribution in [0.5, 0.6) is 0 Å². The molecule has 2 heterocycles. The van der Waals surface area contributed by atoms with Gasteiger partial charge in [0.25, 0.3) is 11.6 Å². The summed E-state index contributed by atoms with van der Waals surface area (Å²) in [5, 5.41) is 22.3. The van der Waals surface area contributed by atoms with Crippen LogP contribution < -0.4 is 4.90 Å². The van der Waals surface area contributed by atoms with Crippen LogP contribution in [0.3, 0.4) is 0 Å². The summed E-state index contributed by atoms with van der Waals surface area (Å²) in [6.45, 7) is 0.928. The minimum absolute atomic E-state index is 0.0872. The predicted octanol–water partition coefficient (Wildman–Crippen LogP) is 2.55. The molecule has 3 aromatic rings. The first-order valence-corrected chi connectivity index (χ1v) is 9.48. The maximum Gasteiger partial charge on any atom is 0.416 e. The van der Waals surface area contributed by atoms with Gasteiger partial charge in [-0.2, -0.15) is 17.9 Å². The van der Waals surface area contributed by atoms with Crippen molar-refractivity contribution in [2.24, 2.45) is 0 Å². The number of anilines is 1. The number of hydrogen-bond acceptors (Lipinski definition) is 7. The highest BCUT2D eigenvalue weighted by Crippen LogP contribution is 2.36. The smallest absolute Gasteiger partial charge is 0.362 e. The molecule has 10 nitrogen and oxygen atoms in total. The van der Waals surface area contributed by atoms with Crippen LogP contribution in [0.1, 0.15) is 15.9 Å². The maximum atomic E-state index is 13.1. The summed E-state index contributed by atoms with van der Waals surface area (Å²) < 4.78 is 40.2. The Balaban J connectivity index is 1.52. The van der Waals surface area contributed by atoms with Gasteiger partial charge >= 0.3 is 6.18 Å². The lowest BCUT2D eigenvalue weighted by Gasteiger charge is -2.36. The fourth-order valence-electron chi connectivity index (χ4n) is 3.56. The molecule has 0 spiro atoms. The average molecular weight is 447 g/mol. The molecule has 0 unspecified atom stereocenters. The van der Waals surface area contributed by atoms with E-state index in [0.717, 1.165) is 12.1 Å². The number of para-hydroxylation sites is 1. The third kappa shape index (κ3) is 4.08. The molecule has 1 amide bonds. The van der Waals surface area contributed by atoms with Gasteiger partial charge in [-0.1, -0.05) is 12.1 Å². The highest BCUT2D eigenvalue weighted by atomic mass is 19.4. The highest BCUT2D eigenvalue weighted by molar-refractivity contribution is 5.97. The number of aromatic nitrogens is 4. The normalized spacial score (nSPS) is 14.5. The fourth-order valence-corrected chi connectivity index (χ4v) is 3.56. The Labute approximate surface area is 179 Å². The summed E-state index contributed by atoms with van der Waals surface area (Å²) in [7, 11) is 0. The van der Waals surface area contributed by atoms with E-state index in [4.69, 9.17) is 0 Å². The first kappa shape index (κ1) is 21.2. The number of benzene rings is 2. The van der Waals surface area contributed by atoms with E-state index in [-0.39, 0.29) is 37.8 Å². The van der Waals surface area contributed by atoms with Gasteiger partial charge in [0.15, 0.2) is 0 Å². The number of carbonyl (C=O) groups excluding carboxylic acids is 1. The summed E-state index contributed by atoms with van der Waals surface area (Å²) in [5.41, 5.74) is -0.731. The Morgan fingerprint density at radius 1 is 1.03 bits per heavy atom. The third-order valence-electron chi connectivity index (χ3n) is 5.14. The molecular formula is C19H16F3N7O3. The maximum absolute atomic E-state index is 13.1. The molecule has 166 valence electrons. The number of alkyl halides is 3. The van der Waals surface area contributed by atoms with Gasteiger partial charge < -0.3 is 9.80 Å². The van der Waals surface area contributed by atoms with Crippen molar-refractivity contribution < 1.29 is 22.9 Å². The average Bonchev–Trinajstić information content (AvgIpc) is 3.32. The second-order valence-corrected chi connectivity index (χ2v) is 7.01. The number of nitro benzene ring substituents is 1. The highest BCUT2D eigenvalue weighted by Gasteiger charge is 2.34. The first-order chi connectivity index (χ1) is 15.3. The number of piperazine rings is 1. The van der Waals surface area contributed by atoms with E-state index >= 15 is 0 Å². The molecule has 0 aliphatic carbocycles. The van der Waals surface area contributed by atoms with Crippen molar-refractivity contribution in [1.82, 2.24) is 25.1 Å². The zero-order valence-corrected chi connectivity index (χ0v) is 16.4. The Morgan fingerprint density at radius 2 is 1.75 bits per heavy atom. The number of nitrogens with zero attached hydrogens (tertiary/aromatic N) is 7. The summed E-state index contributed by atoms with van der Waals surface area (Å²) in [6, 6.07) is 9.26. The lowest BCUT2D eigenvalue weighted by atomic mass is 10.1. The number of halogens is 3. The number of rotatable bonds is 4. The van der Waals surface area contributed by atoms with E-state index in [1.54, 1.807) is 34.1 Å². The topological polar surface area (TPSA) is 110 Å². The molecule has 4 rings (SSSR count). The monoisotopic (exact) mass is 447 g/mol. The number of amides is 1. The number of nitro groups is 1. The second-order valence-electron chi connectivity index (χ2n) is 7.01. The Bertz CT molecular complexity index is 1140. The quantitative estimate of drug-likeness (QED) is 0.447. The van der Waals surface area contributed by atoms with Crippen LogP contribution in [-0.4, -0.2) is 62.1 Å². The molecule has 1 aromatic heterocycles. The Hall–Kier alpha value is -4.03. The third-order valence-corrected chi connectivity index (χ3v) is 5.14. The van der Waals surface area contributed by atoms with Gasteiger partial charge in [-0.05, 0) is 34.7 Å². The van der Waals surface area contributed by atoms with Crippen molar-refractivity contribution in [2.75, 3.05) is 31.1 Å². The molecule has 0 bridgehead atoms. The lowest BCUT2D eigenvalue weighted by Crippen LogP contribution is -2.49. The Morgan fingerprint density at radius 3 is 2.38 bits per heavy atom. The van der Waals surface area contributed by atoms with Gasteiger partial charge in [0.2, 0.25) is 0 Å². The van der Waals surface area contributed by atoms with E-state index in [2.05, 4.69) is 15.5 Å². The zero-order chi connectivity index (χ0) is 22.9. The molecule has 1 aliphatic heterocycles. The van der Waals surface area contributed by atoms with E-state index in [1.165, 1.54) is 11.0 Å². The Kier molecular flexibility index (Phi) is 5.47. The summed E-state index contributed by atoms with van der Waals surface area (Å²) in [5.74, 6) is -0.266. The molecule has 32 heavy (non-hydrogen) atoms. The van der Waals surface area contributed by atoms with Crippen LogP contribution in [0, 0.1) is 10.1 Å². The van der Waals surface area contributed by atoms with Gasteiger partial charge in [-0.25, -0.2) is 0 Å². The largest absolute Gasteiger partial charge is 0.416 e. The predicted molar refractivity (Wildman–Crippen MR) is 105 cm³/mol. The first-order valence-electron chi connectivity index (χ1n) is 9.48. The number of hydrogen-bond donors (Lipinski definition) is 0. The standard InChI is InChI=1S/C19H16F3N7O3/c20-19(21,22)13-5-6-16(17(11-13)29(31)32)26-7-9-27(10-8-26)18(30)14-3-1-2-4-15(14)28-12-23-24-25-28/h1-6,11-12H,7-10H2. The minimum atomic E-state index is -4.68. The summed E-state index contributed by atoms with van der Waals surface area (Å²) in [6.07, 6.45) is -3.31. The van der Waals surface area contributed by atoms with E-state index in [1.807, 2.05) is 0 Å². The fraction of sp³-hybridized carbons (Fsp3) is 0.263. The van der Waals surface area contributed by atoms with Gasteiger partial charge in [0.05, 0.1) is 21.7 Å². The molecule has 0 N–H and O–H groups in total. The van der Waals surface area contributed by atoms with Gasteiger partial charge in [0, 0.05) is 32.2 Å². The molecule has 0 radical (unpaired) electrons. The van der Waals surface area contributed by atoms with E-state index < -0.39 is 22.4 Å². The molecule has 13 heteroatoms. The van der Waals surface area contributed by atoms with Gasteiger partial charge in [-0.3, -0.25) is 14.9 Å². The summed E-state index contributed by atoms with van der Waals surface area (Å²) >= 11 is 0. The minimum Gasteiger partial charge on any atom is -0.362 e. The van der Waals surface area contributed by atoms with Crippen LogP contribution in [0.2, 0.25) is 0 Å². The van der Waals surface area contributed by atoms with Crippen LogP contribution >= 0.6 is 0 Å². The molecule has 2 aromatic carbocycles. The van der Waals surface area contributed by atoms with Crippen molar-refractivity contribution in [1.29, 1.82) is 0 Å². The van der Waals surface area contributed by atoms with E-state index in [9.17, 15) is 28.1 Å². The van der Waals surface area contributed by atoms with Crippen LogP contribution in [0.15, 0.2) is 48.8 Å². The second kappa shape index (κ2) is 8.24.